The summed E-state index contributed by atoms with van der Waals surface area (Å²) in [5.74, 6) is 0.250. The summed E-state index contributed by atoms with van der Waals surface area (Å²) in [4.78, 5) is 22.7. The summed E-state index contributed by atoms with van der Waals surface area (Å²) in [6.45, 7) is 1.78. The van der Waals surface area contributed by atoms with Crippen LogP contribution in [0.1, 0.15) is 12.5 Å². The molecule has 2 rings (SSSR count). The fraction of sp³-hybridized carbons (Fsp3) is 0.176. The van der Waals surface area contributed by atoms with Gasteiger partial charge in [0.2, 0.25) is 5.91 Å². The van der Waals surface area contributed by atoms with Crippen LogP contribution < -0.4 is 15.4 Å². The van der Waals surface area contributed by atoms with E-state index in [0.717, 1.165) is 11.3 Å². The molecule has 120 valence electrons. The maximum Gasteiger partial charge on any atom is 0.258 e. The molecule has 5 nitrogen and oxygen atoms in total. The van der Waals surface area contributed by atoms with Gasteiger partial charge in [0, 0.05) is 24.2 Å². The number of amides is 2. The predicted molar refractivity (Wildman–Crippen MR) is 89.5 cm³/mol. The SMILES string of the molecule is CC(=O)Nc1ccc(CNC(=O)COc2ccc(Cl)cc2)cc1. The maximum absolute atomic E-state index is 11.7. The fourth-order valence-electron chi connectivity index (χ4n) is 1.84. The third-order valence-electron chi connectivity index (χ3n) is 2.95. The summed E-state index contributed by atoms with van der Waals surface area (Å²) >= 11 is 5.77. The molecule has 2 N–H and O–H groups in total. The topological polar surface area (TPSA) is 67.4 Å². The van der Waals surface area contributed by atoms with Gasteiger partial charge in [-0.15, -0.1) is 0 Å². The van der Waals surface area contributed by atoms with Crippen LogP contribution in [-0.2, 0) is 16.1 Å². The van der Waals surface area contributed by atoms with E-state index in [1.165, 1.54) is 6.92 Å². The molecule has 0 aliphatic carbocycles. The van der Waals surface area contributed by atoms with E-state index in [1.54, 1.807) is 36.4 Å². The van der Waals surface area contributed by atoms with Gasteiger partial charge in [0.25, 0.3) is 5.91 Å². The Morgan fingerprint density at radius 2 is 1.70 bits per heavy atom. The number of rotatable bonds is 6. The van der Waals surface area contributed by atoms with E-state index in [4.69, 9.17) is 16.3 Å². The van der Waals surface area contributed by atoms with Crippen molar-refractivity contribution in [3.8, 4) is 5.75 Å². The Morgan fingerprint density at radius 3 is 2.30 bits per heavy atom. The summed E-state index contributed by atoms with van der Waals surface area (Å²) in [6.07, 6.45) is 0. The lowest BCUT2D eigenvalue weighted by atomic mass is 10.2. The van der Waals surface area contributed by atoms with Crippen molar-refractivity contribution in [3.05, 3.63) is 59.1 Å². The van der Waals surface area contributed by atoms with E-state index >= 15 is 0 Å². The zero-order valence-corrected chi connectivity index (χ0v) is 13.4. The van der Waals surface area contributed by atoms with Crippen LogP contribution in [0.15, 0.2) is 48.5 Å². The van der Waals surface area contributed by atoms with Gasteiger partial charge in [0.05, 0.1) is 0 Å². The standard InChI is InChI=1S/C17H17ClN2O3/c1-12(21)20-15-6-2-13(3-7-15)10-19-17(22)11-23-16-8-4-14(18)5-9-16/h2-9H,10-11H2,1H3,(H,19,22)(H,20,21). The highest BCUT2D eigenvalue weighted by atomic mass is 35.5. The first-order chi connectivity index (χ1) is 11.0. The quantitative estimate of drug-likeness (QED) is 0.854. The van der Waals surface area contributed by atoms with Gasteiger partial charge in [-0.2, -0.15) is 0 Å². The van der Waals surface area contributed by atoms with E-state index in [0.29, 0.717) is 17.3 Å². The molecule has 0 spiro atoms. The van der Waals surface area contributed by atoms with Crippen molar-refractivity contribution in [1.82, 2.24) is 5.32 Å². The number of anilines is 1. The molecule has 0 radical (unpaired) electrons. The van der Waals surface area contributed by atoms with Crippen LogP contribution in [0.3, 0.4) is 0 Å². The molecule has 23 heavy (non-hydrogen) atoms. The first-order valence-corrected chi connectivity index (χ1v) is 7.42. The molecule has 0 fully saturated rings. The first kappa shape index (κ1) is 16.8. The minimum atomic E-state index is -0.217. The van der Waals surface area contributed by atoms with Gasteiger partial charge in [-0.05, 0) is 42.0 Å². The second-order valence-electron chi connectivity index (χ2n) is 4.90. The molecule has 2 aromatic carbocycles. The summed E-state index contributed by atoms with van der Waals surface area (Å²) in [7, 11) is 0. The largest absolute Gasteiger partial charge is 0.484 e. The molecule has 0 saturated carbocycles. The molecule has 0 atom stereocenters. The molecule has 0 aliphatic heterocycles. The van der Waals surface area contributed by atoms with E-state index in [-0.39, 0.29) is 18.4 Å². The molecule has 2 aromatic rings. The van der Waals surface area contributed by atoms with Gasteiger partial charge in [-0.3, -0.25) is 9.59 Å². The number of benzene rings is 2. The van der Waals surface area contributed by atoms with Crippen molar-refractivity contribution in [2.24, 2.45) is 0 Å². The van der Waals surface area contributed by atoms with Crippen molar-refractivity contribution in [2.45, 2.75) is 13.5 Å². The Hall–Kier alpha value is -2.53. The Kier molecular flexibility index (Phi) is 6.00. The lowest BCUT2D eigenvalue weighted by Gasteiger charge is -2.08. The van der Waals surface area contributed by atoms with E-state index < -0.39 is 0 Å². The predicted octanol–water partition coefficient (Wildman–Crippen LogP) is 2.99. The van der Waals surface area contributed by atoms with E-state index in [9.17, 15) is 9.59 Å². The second kappa shape index (κ2) is 8.19. The Bertz CT molecular complexity index is 669. The average molecular weight is 333 g/mol. The monoisotopic (exact) mass is 332 g/mol. The van der Waals surface area contributed by atoms with Crippen LogP contribution in [0, 0.1) is 0 Å². The number of halogens is 1. The Morgan fingerprint density at radius 1 is 1.04 bits per heavy atom. The van der Waals surface area contributed by atoms with E-state index in [2.05, 4.69) is 10.6 Å². The zero-order chi connectivity index (χ0) is 16.7. The normalized spacial score (nSPS) is 10.0. The molecule has 0 unspecified atom stereocenters. The van der Waals surface area contributed by atoms with Crippen molar-refractivity contribution in [2.75, 3.05) is 11.9 Å². The van der Waals surface area contributed by atoms with Crippen molar-refractivity contribution in [1.29, 1.82) is 0 Å². The number of hydrogen-bond acceptors (Lipinski definition) is 3. The highest BCUT2D eigenvalue weighted by Gasteiger charge is 2.03. The molecule has 6 heteroatoms. The fourth-order valence-corrected chi connectivity index (χ4v) is 1.97. The molecular weight excluding hydrogens is 316 g/mol. The summed E-state index contributed by atoms with van der Waals surface area (Å²) in [5.41, 5.74) is 1.65. The minimum absolute atomic E-state index is 0.0639. The van der Waals surface area contributed by atoms with Gasteiger partial charge in [-0.25, -0.2) is 0 Å². The molecule has 0 aromatic heterocycles. The number of hydrogen-bond donors (Lipinski definition) is 2. The van der Waals surface area contributed by atoms with Gasteiger partial charge in [-0.1, -0.05) is 23.7 Å². The molecule has 0 heterocycles. The second-order valence-corrected chi connectivity index (χ2v) is 5.33. The lowest BCUT2D eigenvalue weighted by Crippen LogP contribution is -2.28. The number of ether oxygens (including phenoxy) is 1. The molecule has 0 aliphatic rings. The van der Waals surface area contributed by atoms with Crippen molar-refractivity contribution < 1.29 is 14.3 Å². The van der Waals surface area contributed by atoms with Gasteiger partial charge in [0.1, 0.15) is 5.75 Å². The summed E-state index contributed by atoms with van der Waals surface area (Å²) in [5, 5.41) is 6.06. The third-order valence-corrected chi connectivity index (χ3v) is 3.20. The number of carbonyl (C=O) groups is 2. The summed E-state index contributed by atoms with van der Waals surface area (Å²) in [6, 6.07) is 14.1. The van der Waals surface area contributed by atoms with Crippen LogP contribution in [0.5, 0.6) is 5.75 Å². The number of carbonyl (C=O) groups excluding carboxylic acids is 2. The van der Waals surface area contributed by atoms with Crippen molar-refractivity contribution in [3.63, 3.8) is 0 Å². The smallest absolute Gasteiger partial charge is 0.258 e. The average Bonchev–Trinajstić information content (AvgIpc) is 2.53. The minimum Gasteiger partial charge on any atom is -0.484 e. The van der Waals surface area contributed by atoms with Gasteiger partial charge < -0.3 is 15.4 Å². The van der Waals surface area contributed by atoms with E-state index in [1.807, 2.05) is 12.1 Å². The Balaban J connectivity index is 1.75. The zero-order valence-electron chi connectivity index (χ0n) is 12.6. The lowest BCUT2D eigenvalue weighted by molar-refractivity contribution is -0.123. The molecule has 0 bridgehead atoms. The third kappa shape index (κ3) is 6.00. The van der Waals surface area contributed by atoms with Gasteiger partial charge >= 0.3 is 0 Å². The van der Waals surface area contributed by atoms with Gasteiger partial charge in [0.15, 0.2) is 6.61 Å². The highest BCUT2D eigenvalue weighted by molar-refractivity contribution is 6.30. The van der Waals surface area contributed by atoms with Crippen LogP contribution >= 0.6 is 11.6 Å². The number of nitrogens with one attached hydrogen (secondary N) is 2. The molecule has 0 saturated heterocycles. The van der Waals surface area contributed by atoms with Crippen LogP contribution in [-0.4, -0.2) is 18.4 Å². The highest BCUT2D eigenvalue weighted by Crippen LogP contribution is 2.15. The maximum atomic E-state index is 11.7. The van der Waals surface area contributed by atoms with Crippen LogP contribution in [0.2, 0.25) is 5.02 Å². The summed E-state index contributed by atoms with van der Waals surface area (Å²) < 4.78 is 5.36. The molecule has 2 amide bonds. The Labute approximate surface area is 139 Å². The molecular formula is C17H17ClN2O3. The van der Waals surface area contributed by atoms with Crippen LogP contribution in [0.25, 0.3) is 0 Å². The van der Waals surface area contributed by atoms with Crippen molar-refractivity contribution >= 4 is 29.1 Å². The first-order valence-electron chi connectivity index (χ1n) is 7.04. The van der Waals surface area contributed by atoms with Crippen LogP contribution in [0.4, 0.5) is 5.69 Å².